The summed E-state index contributed by atoms with van der Waals surface area (Å²) in [4.78, 5) is 0. The predicted octanol–water partition coefficient (Wildman–Crippen LogP) is 9.73. The van der Waals surface area contributed by atoms with Gasteiger partial charge in [-0.25, -0.2) is 8.78 Å². The highest BCUT2D eigenvalue weighted by Crippen LogP contribution is 2.39. The topological polar surface area (TPSA) is 0 Å². The van der Waals surface area contributed by atoms with Gasteiger partial charge in [0.05, 0.1) is 0 Å². The second kappa shape index (κ2) is 11.9. The third kappa shape index (κ3) is 6.59. The molecule has 4 heteroatoms. The monoisotopic (exact) mass is 448 g/mol. The van der Waals surface area contributed by atoms with Gasteiger partial charge in [0.1, 0.15) is 0 Å². The number of rotatable bonds is 11. The van der Waals surface area contributed by atoms with Crippen molar-refractivity contribution in [3.05, 3.63) is 59.7 Å². The Morgan fingerprint density at radius 3 is 1.84 bits per heavy atom. The van der Waals surface area contributed by atoms with Crippen LogP contribution in [0.1, 0.15) is 94.6 Å². The van der Waals surface area contributed by atoms with E-state index in [1.165, 1.54) is 88.3 Å². The van der Waals surface area contributed by atoms with Crippen molar-refractivity contribution in [1.82, 2.24) is 0 Å². The van der Waals surface area contributed by atoms with Crippen LogP contribution in [0, 0.1) is 5.92 Å². The molecule has 0 unspecified atom stereocenters. The van der Waals surface area contributed by atoms with Crippen molar-refractivity contribution in [2.75, 3.05) is 0 Å². The molecule has 32 heavy (non-hydrogen) atoms. The maximum atomic E-state index is 13.5. The molecular weight excluding hydrogens is 412 g/mol. The van der Waals surface area contributed by atoms with Crippen LogP contribution in [-0.4, -0.2) is 6.43 Å². The average Bonchev–Trinajstić information content (AvgIpc) is 2.82. The number of alkyl halides is 4. The van der Waals surface area contributed by atoms with Gasteiger partial charge in [-0.05, 0) is 54.2 Å². The maximum Gasteiger partial charge on any atom is 0.332 e. The Hall–Kier alpha value is -1.84. The molecule has 1 aliphatic carbocycles. The molecule has 0 nitrogen and oxygen atoms in total. The van der Waals surface area contributed by atoms with E-state index in [0.29, 0.717) is 5.92 Å². The second-order valence-corrected chi connectivity index (χ2v) is 9.40. The van der Waals surface area contributed by atoms with E-state index in [1.807, 2.05) is 12.1 Å². The van der Waals surface area contributed by atoms with Crippen molar-refractivity contribution in [3.63, 3.8) is 0 Å². The van der Waals surface area contributed by atoms with Crippen molar-refractivity contribution >= 4 is 0 Å². The summed E-state index contributed by atoms with van der Waals surface area (Å²) in [6.45, 7) is 2.26. The fourth-order valence-electron chi connectivity index (χ4n) is 4.96. The van der Waals surface area contributed by atoms with Gasteiger partial charge in [-0.3, -0.25) is 0 Å². The summed E-state index contributed by atoms with van der Waals surface area (Å²) in [6.07, 6.45) is 10.9. The summed E-state index contributed by atoms with van der Waals surface area (Å²) in [5.74, 6) is -2.64. The fraction of sp³-hybridized carbons (Fsp3) is 0.571. The largest absolute Gasteiger partial charge is 0.332 e. The Morgan fingerprint density at radius 2 is 1.28 bits per heavy atom. The molecular formula is C28H36F4. The lowest BCUT2D eigenvalue weighted by molar-refractivity contribution is -0.135. The Morgan fingerprint density at radius 1 is 0.750 bits per heavy atom. The summed E-state index contributed by atoms with van der Waals surface area (Å²) >= 11 is 0. The SMILES string of the molecule is CCCCCCCCC1CCC(c2ccc(-c3ccc(C(F)(F)C(F)F)cc3)cc2)CC1. The van der Waals surface area contributed by atoms with Crippen LogP contribution in [0.2, 0.25) is 0 Å². The molecule has 0 N–H and O–H groups in total. The first kappa shape index (κ1) is 24.8. The summed E-state index contributed by atoms with van der Waals surface area (Å²) in [7, 11) is 0. The molecule has 3 rings (SSSR count). The fourth-order valence-corrected chi connectivity index (χ4v) is 4.96. The van der Waals surface area contributed by atoms with E-state index in [0.717, 1.165) is 29.2 Å². The molecule has 0 spiro atoms. The lowest BCUT2D eigenvalue weighted by Gasteiger charge is -2.29. The van der Waals surface area contributed by atoms with Gasteiger partial charge in [0.2, 0.25) is 0 Å². The van der Waals surface area contributed by atoms with E-state index in [1.54, 1.807) is 0 Å². The normalized spacial score (nSPS) is 19.4. The van der Waals surface area contributed by atoms with Crippen LogP contribution in [-0.2, 0) is 5.92 Å². The summed E-state index contributed by atoms with van der Waals surface area (Å²) in [5, 5.41) is 0. The molecule has 0 atom stereocenters. The number of benzene rings is 2. The first-order valence-corrected chi connectivity index (χ1v) is 12.3. The van der Waals surface area contributed by atoms with Crippen molar-refractivity contribution in [1.29, 1.82) is 0 Å². The highest BCUT2D eigenvalue weighted by Gasteiger charge is 2.42. The minimum Gasteiger partial charge on any atom is -0.203 e. The molecule has 176 valence electrons. The van der Waals surface area contributed by atoms with E-state index >= 15 is 0 Å². The molecule has 1 fully saturated rings. The Kier molecular flexibility index (Phi) is 9.19. The highest BCUT2D eigenvalue weighted by atomic mass is 19.3. The van der Waals surface area contributed by atoms with E-state index in [2.05, 4.69) is 19.1 Å². The second-order valence-electron chi connectivity index (χ2n) is 9.40. The first-order chi connectivity index (χ1) is 15.4. The number of hydrogen-bond acceptors (Lipinski definition) is 0. The van der Waals surface area contributed by atoms with E-state index in [9.17, 15) is 17.6 Å². The third-order valence-electron chi connectivity index (χ3n) is 7.07. The van der Waals surface area contributed by atoms with Gasteiger partial charge in [0.25, 0.3) is 0 Å². The average molecular weight is 449 g/mol. The van der Waals surface area contributed by atoms with Crippen LogP contribution >= 0.6 is 0 Å². The Balaban J connectivity index is 1.48. The summed E-state index contributed by atoms with van der Waals surface area (Å²) in [5.41, 5.74) is 2.36. The molecule has 1 aliphatic rings. The number of halogens is 4. The van der Waals surface area contributed by atoms with E-state index in [-0.39, 0.29) is 0 Å². The molecule has 2 aromatic carbocycles. The van der Waals surface area contributed by atoms with Crippen molar-refractivity contribution in [2.45, 2.75) is 95.8 Å². The molecule has 0 amide bonds. The summed E-state index contributed by atoms with van der Waals surface area (Å²) in [6, 6.07) is 13.5. The van der Waals surface area contributed by atoms with Crippen LogP contribution < -0.4 is 0 Å². The van der Waals surface area contributed by atoms with E-state index in [4.69, 9.17) is 0 Å². The molecule has 0 aromatic heterocycles. The van der Waals surface area contributed by atoms with Crippen LogP contribution in [0.15, 0.2) is 48.5 Å². The lowest BCUT2D eigenvalue weighted by atomic mass is 9.77. The highest BCUT2D eigenvalue weighted by molar-refractivity contribution is 5.64. The zero-order valence-electron chi connectivity index (χ0n) is 19.1. The van der Waals surface area contributed by atoms with Gasteiger partial charge in [0, 0.05) is 5.56 Å². The van der Waals surface area contributed by atoms with Gasteiger partial charge >= 0.3 is 12.3 Å². The molecule has 1 saturated carbocycles. The quantitative estimate of drug-likeness (QED) is 0.237. The minimum atomic E-state index is -4.11. The predicted molar refractivity (Wildman–Crippen MR) is 124 cm³/mol. The zero-order valence-corrected chi connectivity index (χ0v) is 19.1. The molecule has 2 aromatic rings. The van der Waals surface area contributed by atoms with Crippen LogP contribution in [0.5, 0.6) is 0 Å². The van der Waals surface area contributed by atoms with Crippen LogP contribution in [0.4, 0.5) is 17.6 Å². The molecule has 0 saturated heterocycles. The first-order valence-electron chi connectivity index (χ1n) is 12.3. The molecule has 0 aliphatic heterocycles. The Labute approximate surface area is 190 Å². The Bertz CT molecular complexity index is 787. The van der Waals surface area contributed by atoms with Crippen LogP contribution in [0.3, 0.4) is 0 Å². The smallest absolute Gasteiger partial charge is 0.203 e. The van der Waals surface area contributed by atoms with E-state index < -0.39 is 17.9 Å². The third-order valence-corrected chi connectivity index (χ3v) is 7.07. The molecule has 0 radical (unpaired) electrons. The molecule has 0 bridgehead atoms. The van der Waals surface area contributed by atoms with Gasteiger partial charge in [-0.1, -0.05) is 100 Å². The minimum absolute atomic E-state index is 0.594. The zero-order chi connectivity index (χ0) is 23.0. The molecule has 0 heterocycles. The van der Waals surface area contributed by atoms with Crippen molar-refractivity contribution < 1.29 is 17.6 Å². The van der Waals surface area contributed by atoms with Crippen LogP contribution in [0.25, 0.3) is 11.1 Å². The van der Waals surface area contributed by atoms with Crippen molar-refractivity contribution in [2.24, 2.45) is 5.92 Å². The van der Waals surface area contributed by atoms with Gasteiger partial charge in [-0.2, -0.15) is 8.78 Å². The summed E-state index contributed by atoms with van der Waals surface area (Å²) < 4.78 is 52.0. The number of hydrogen-bond donors (Lipinski definition) is 0. The van der Waals surface area contributed by atoms with Gasteiger partial charge < -0.3 is 0 Å². The van der Waals surface area contributed by atoms with Gasteiger partial charge in [0.15, 0.2) is 0 Å². The van der Waals surface area contributed by atoms with Gasteiger partial charge in [-0.15, -0.1) is 0 Å². The van der Waals surface area contributed by atoms with Crippen molar-refractivity contribution in [3.8, 4) is 11.1 Å². The lowest BCUT2D eigenvalue weighted by Crippen LogP contribution is -2.23. The number of unbranched alkanes of at least 4 members (excludes halogenated alkanes) is 5. The standard InChI is InChI=1S/C28H36F4/c1-2-3-4-5-6-7-8-21-9-11-22(12-10-21)23-13-15-24(16-14-23)25-17-19-26(20-18-25)28(31,32)27(29)30/h13-22,27H,2-12H2,1H3. The maximum absolute atomic E-state index is 13.5.